The van der Waals surface area contributed by atoms with Crippen LogP contribution in [0, 0.1) is 0 Å². The lowest BCUT2D eigenvalue weighted by atomic mass is 10.2. The maximum Gasteiger partial charge on any atom is 0.319 e. The largest absolute Gasteiger partial charge is 0.344 e. The summed E-state index contributed by atoms with van der Waals surface area (Å²) in [7, 11) is 1.74. The van der Waals surface area contributed by atoms with Crippen LogP contribution in [-0.4, -0.2) is 46.3 Å². The molecule has 3 rings (SSSR count). The first kappa shape index (κ1) is 15.3. The smallest absolute Gasteiger partial charge is 0.319 e. The van der Waals surface area contributed by atoms with Gasteiger partial charge in [-0.2, -0.15) is 5.10 Å². The molecule has 2 aromatic rings. The highest BCUT2D eigenvalue weighted by molar-refractivity contribution is 5.96. The SMILES string of the molecule is CC(C)n1ncc2ccc(NC(=O)N[C@@H]3CCN(C)C3=O)cc21. The summed E-state index contributed by atoms with van der Waals surface area (Å²) in [6, 6.07) is 5.08. The third-order valence-corrected chi connectivity index (χ3v) is 4.08. The van der Waals surface area contributed by atoms with Crippen molar-refractivity contribution in [2.45, 2.75) is 32.4 Å². The zero-order valence-electron chi connectivity index (χ0n) is 13.5. The number of likely N-dealkylation sites (tertiary alicyclic amines) is 1. The first-order chi connectivity index (χ1) is 11.0. The number of carbonyl (C=O) groups is 2. The van der Waals surface area contributed by atoms with Crippen LogP contribution in [0.2, 0.25) is 0 Å². The number of anilines is 1. The first-order valence-corrected chi connectivity index (χ1v) is 7.75. The van der Waals surface area contributed by atoms with Gasteiger partial charge in [-0.05, 0) is 38.5 Å². The third kappa shape index (κ3) is 2.99. The van der Waals surface area contributed by atoms with Crippen molar-refractivity contribution in [1.82, 2.24) is 20.0 Å². The summed E-state index contributed by atoms with van der Waals surface area (Å²) in [6.07, 6.45) is 2.45. The lowest BCUT2D eigenvalue weighted by molar-refractivity contribution is -0.128. The average Bonchev–Trinajstić information content (AvgIpc) is 3.05. The van der Waals surface area contributed by atoms with Crippen LogP contribution >= 0.6 is 0 Å². The van der Waals surface area contributed by atoms with Gasteiger partial charge in [0.2, 0.25) is 5.91 Å². The van der Waals surface area contributed by atoms with Crippen molar-refractivity contribution >= 4 is 28.5 Å². The van der Waals surface area contributed by atoms with Crippen LogP contribution in [-0.2, 0) is 4.79 Å². The van der Waals surface area contributed by atoms with Crippen molar-refractivity contribution < 1.29 is 9.59 Å². The Morgan fingerprint density at radius 3 is 2.83 bits per heavy atom. The fourth-order valence-electron chi connectivity index (χ4n) is 2.81. The summed E-state index contributed by atoms with van der Waals surface area (Å²) >= 11 is 0. The van der Waals surface area contributed by atoms with E-state index in [0.29, 0.717) is 18.7 Å². The van der Waals surface area contributed by atoms with Gasteiger partial charge in [-0.15, -0.1) is 0 Å². The molecule has 7 nitrogen and oxygen atoms in total. The number of nitrogens with zero attached hydrogens (tertiary/aromatic N) is 3. The topological polar surface area (TPSA) is 79.3 Å². The standard InChI is InChI=1S/C16H21N5O2/c1-10(2)21-14-8-12(5-4-11(14)9-17-21)18-16(23)19-13-6-7-20(3)15(13)22/h4-5,8-10,13H,6-7H2,1-3H3,(H2,18,19,23)/t13-/m1/s1. The predicted molar refractivity (Wildman–Crippen MR) is 88.3 cm³/mol. The summed E-state index contributed by atoms with van der Waals surface area (Å²) in [5, 5.41) is 10.9. The number of amides is 3. The number of fused-ring (bicyclic) bond motifs is 1. The van der Waals surface area contributed by atoms with Crippen molar-refractivity contribution in [3.8, 4) is 0 Å². The van der Waals surface area contributed by atoms with Gasteiger partial charge in [-0.25, -0.2) is 4.79 Å². The highest BCUT2D eigenvalue weighted by atomic mass is 16.2. The van der Waals surface area contributed by atoms with Crippen LogP contribution in [0.4, 0.5) is 10.5 Å². The monoisotopic (exact) mass is 315 g/mol. The molecule has 23 heavy (non-hydrogen) atoms. The molecule has 0 aliphatic carbocycles. The number of likely N-dealkylation sites (N-methyl/N-ethyl adjacent to an activating group) is 1. The Balaban J connectivity index is 1.72. The maximum absolute atomic E-state index is 12.1. The number of aromatic nitrogens is 2. The number of hydrogen-bond acceptors (Lipinski definition) is 3. The number of urea groups is 1. The quantitative estimate of drug-likeness (QED) is 0.909. The Labute approximate surface area is 134 Å². The second kappa shape index (κ2) is 5.91. The van der Waals surface area contributed by atoms with E-state index in [9.17, 15) is 9.59 Å². The summed E-state index contributed by atoms with van der Waals surface area (Å²) in [4.78, 5) is 25.5. The number of hydrogen-bond donors (Lipinski definition) is 2. The molecular weight excluding hydrogens is 294 g/mol. The minimum absolute atomic E-state index is 0.0477. The van der Waals surface area contributed by atoms with Gasteiger partial charge >= 0.3 is 6.03 Å². The minimum Gasteiger partial charge on any atom is -0.344 e. The summed E-state index contributed by atoms with van der Waals surface area (Å²) in [6.45, 7) is 4.78. The molecule has 3 amide bonds. The van der Waals surface area contributed by atoms with Gasteiger partial charge in [-0.3, -0.25) is 9.48 Å². The maximum atomic E-state index is 12.1. The molecule has 0 spiro atoms. The second-order valence-electron chi connectivity index (χ2n) is 6.16. The Hall–Kier alpha value is -2.57. The highest BCUT2D eigenvalue weighted by Crippen LogP contribution is 2.21. The first-order valence-electron chi connectivity index (χ1n) is 7.75. The Morgan fingerprint density at radius 2 is 2.17 bits per heavy atom. The van der Waals surface area contributed by atoms with Gasteiger partial charge in [-0.1, -0.05) is 0 Å². The molecule has 2 heterocycles. The number of nitrogens with one attached hydrogen (secondary N) is 2. The highest BCUT2D eigenvalue weighted by Gasteiger charge is 2.30. The van der Waals surface area contributed by atoms with Gasteiger partial charge in [0.1, 0.15) is 6.04 Å². The van der Waals surface area contributed by atoms with Gasteiger partial charge in [0.15, 0.2) is 0 Å². The van der Waals surface area contributed by atoms with E-state index in [2.05, 4.69) is 29.6 Å². The van der Waals surface area contributed by atoms with E-state index in [1.54, 1.807) is 11.9 Å². The zero-order valence-corrected chi connectivity index (χ0v) is 13.5. The van der Waals surface area contributed by atoms with Crippen molar-refractivity contribution in [3.63, 3.8) is 0 Å². The summed E-state index contributed by atoms with van der Waals surface area (Å²) < 4.78 is 1.91. The van der Waals surface area contributed by atoms with Crippen molar-refractivity contribution in [2.24, 2.45) is 0 Å². The van der Waals surface area contributed by atoms with Gasteiger partial charge in [0.25, 0.3) is 0 Å². The molecule has 2 N–H and O–H groups in total. The molecule has 0 radical (unpaired) electrons. The molecule has 7 heteroatoms. The molecule has 0 bridgehead atoms. The Kier molecular flexibility index (Phi) is 3.94. The Morgan fingerprint density at radius 1 is 1.39 bits per heavy atom. The van der Waals surface area contributed by atoms with Crippen LogP contribution in [0.1, 0.15) is 26.3 Å². The molecule has 1 aliphatic rings. The van der Waals surface area contributed by atoms with Crippen LogP contribution in [0.5, 0.6) is 0 Å². The molecule has 1 saturated heterocycles. The molecular formula is C16H21N5O2. The van der Waals surface area contributed by atoms with Crippen LogP contribution in [0.25, 0.3) is 10.9 Å². The van der Waals surface area contributed by atoms with E-state index < -0.39 is 6.04 Å². The van der Waals surface area contributed by atoms with Crippen LogP contribution in [0.3, 0.4) is 0 Å². The lowest BCUT2D eigenvalue weighted by Crippen LogP contribution is -2.42. The molecule has 1 fully saturated rings. The fourth-order valence-corrected chi connectivity index (χ4v) is 2.81. The molecule has 1 aromatic carbocycles. The molecule has 1 aliphatic heterocycles. The second-order valence-corrected chi connectivity index (χ2v) is 6.16. The van der Waals surface area contributed by atoms with Crippen molar-refractivity contribution in [2.75, 3.05) is 18.9 Å². The molecule has 0 unspecified atom stereocenters. The van der Waals surface area contributed by atoms with E-state index in [1.807, 2.05) is 29.1 Å². The van der Waals surface area contributed by atoms with E-state index in [-0.39, 0.29) is 18.0 Å². The third-order valence-electron chi connectivity index (χ3n) is 4.08. The van der Waals surface area contributed by atoms with Crippen LogP contribution < -0.4 is 10.6 Å². The minimum atomic E-state index is -0.440. The average molecular weight is 315 g/mol. The van der Waals surface area contributed by atoms with E-state index in [4.69, 9.17) is 0 Å². The number of benzene rings is 1. The van der Waals surface area contributed by atoms with Gasteiger partial charge in [0.05, 0.1) is 11.7 Å². The van der Waals surface area contributed by atoms with Crippen LogP contribution in [0.15, 0.2) is 24.4 Å². The van der Waals surface area contributed by atoms with Gasteiger partial charge in [0, 0.05) is 30.7 Å². The molecule has 1 aromatic heterocycles. The zero-order chi connectivity index (χ0) is 16.6. The molecule has 122 valence electrons. The Bertz CT molecular complexity index is 752. The normalized spacial score (nSPS) is 18.0. The van der Waals surface area contributed by atoms with E-state index in [1.165, 1.54) is 0 Å². The fraction of sp³-hybridized carbons (Fsp3) is 0.438. The lowest BCUT2D eigenvalue weighted by Gasteiger charge is -2.13. The van der Waals surface area contributed by atoms with E-state index in [0.717, 1.165) is 10.9 Å². The number of rotatable bonds is 3. The molecule has 1 atom stereocenters. The number of carbonyl (C=O) groups excluding carboxylic acids is 2. The van der Waals surface area contributed by atoms with Crippen molar-refractivity contribution in [1.29, 1.82) is 0 Å². The predicted octanol–water partition coefficient (Wildman–Crippen LogP) is 1.97. The summed E-state index contributed by atoms with van der Waals surface area (Å²) in [5.41, 5.74) is 1.64. The summed E-state index contributed by atoms with van der Waals surface area (Å²) in [5.74, 6) is -0.0477. The molecule has 0 saturated carbocycles. The van der Waals surface area contributed by atoms with Gasteiger partial charge < -0.3 is 15.5 Å². The van der Waals surface area contributed by atoms with E-state index >= 15 is 0 Å². The van der Waals surface area contributed by atoms with Crippen molar-refractivity contribution in [3.05, 3.63) is 24.4 Å².